The van der Waals surface area contributed by atoms with Gasteiger partial charge in [-0.2, -0.15) is 0 Å². The first kappa shape index (κ1) is 11.4. The molecule has 0 bridgehead atoms. The molecule has 0 aliphatic carbocycles. The molecule has 2 heteroatoms. The Kier molecular flexibility index (Phi) is 0.558. The van der Waals surface area contributed by atoms with Crippen molar-refractivity contribution in [2.75, 3.05) is 0 Å². The van der Waals surface area contributed by atoms with E-state index >= 15 is 0 Å². The molecule has 6 unspecified atom stereocenters. The molecule has 2 aromatic rings. The van der Waals surface area contributed by atoms with Crippen LogP contribution in [-0.4, -0.2) is 4.05 Å². The number of fused-ring (bicyclic) bond motifs is 10. The molecule has 6 atom stereocenters. The zero-order valence-corrected chi connectivity index (χ0v) is 17.2. The van der Waals surface area contributed by atoms with Crippen molar-refractivity contribution in [1.29, 1.82) is 0 Å². The average molecular weight is 398 g/mol. The van der Waals surface area contributed by atoms with E-state index in [1.807, 2.05) is 0 Å². The average Bonchev–Trinajstić information content (AvgIpc) is 3.64. The Morgan fingerprint density at radius 2 is 1.38 bits per heavy atom. The fourth-order valence-electron chi connectivity index (χ4n) is 21.1. The summed E-state index contributed by atoms with van der Waals surface area (Å²) < 4.78 is 2.86. The molecule has 26 heavy (non-hydrogen) atoms. The summed E-state index contributed by atoms with van der Waals surface area (Å²) in [6, 6.07) is 20.7. The predicted octanol–water partition coefficient (Wildman–Crippen LogP) is 6.73. The summed E-state index contributed by atoms with van der Waals surface area (Å²) in [4.78, 5) is 9.76. The molecule has 10 saturated heterocycles. The first-order chi connectivity index (χ1) is 12.4. The molecule has 0 amide bonds. The van der Waals surface area contributed by atoms with Gasteiger partial charge in [-0.1, -0.05) is 0 Å². The van der Waals surface area contributed by atoms with E-state index in [-0.39, 0.29) is 0 Å². The molecule has 10 aliphatic heterocycles. The molecule has 10 fully saturated rings. The van der Waals surface area contributed by atoms with E-state index in [0.29, 0.717) is 0 Å². The van der Waals surface area contributed by atoms with Crippen LogP contribution in [0.3, 0.4) is 0 Å². The number of benzene rings is 2. The first-order valence-corrected chi connectivity index (χ1v) is 17.6. The van der Waals surface area contributed by atoms with Crippen LogP contribution in [0, 0.1) is 0 Å². The minimum absolute atomic E-state index is 0.932. The van der Waals surface area contributed by atoms with E-state index < -0.39 is 6.51 Å². The van der Waals surface area contributed by atoms with Crippen LogP contribution < -0.4 is 5.30 Å². The molecule has 0 N–H and O–H groups in total. The SMILES string of the molecule is C[C]12[CH]3[CH]4[C]5(Pc6ccccc6-c6ccccc6)[C]1(C)[Fe]34251678[CH]2[CH]1[CH]6[CH]7[CH]28. The molecule has 0 radical (unpaired) electrons. The van der Waals surface area contributed by atoms with Crippen LogP contribution in [0.1, 0.15) is 13.8 Å². The summed E-state index contributed by atoms with van der Waals surface area (Å²) in [6.45, 7) is 2.54. The van der Waals surface area contributed by atoms with Gasteiger partial charge in [0.25, 0.3) is 0 Å². The van der Waals surface area contributed by atoms with Gasteiger partial charge in [-0.05, 0) is 0 Å². The van der Waals surface area contributed by atoms with Crippen molar-refractivity contribution in [3.63, 3.8) is 0 Å². The van der Waals surface area contributed by atoms with Gasteiger partial charge in [0.2, 0.25) is 0 Å². The topological polar surface area (TPSA) is 0 Å². The quantitative estimate of drug-likeness (QED) is 0.397. The number of hydrogen-bond acceptors (Lipinski definition) is 0. The Morgan fingerprint density at radius 3 is 1.88 bits per heavy atom. The minimum atomic E-state index is -3.24. The van der Waals surface area contributed by atoms with E-state index in [1.165, 1.54) is 39.3 Å². The van der Waals surface area contributed by atoms with Crippen LogP contribution in [0.15, 0.2) is 54.6 Å². The van der Waals surface area contributed by atoms with E-state index in [2.05, 4.69) is 68.4 Å². The van der Waals surface area contributed by atoms with Crippen molar-refractivity contribution in [2.45, 2.75) is 60.2 Å². The first-order valence-electron chi connectivity index (χ1n) is 10.5. The van der Waals surface area contributed by atoms with Gasteiger partial charge in [-0.25, -0.2) is 0 Å². The zero-order valence-electron chi connectivity index (χ0n) is 15.1. The summed E-state index contributed by atoms with van der Waals surface area (Å²) in [5.41, 5.74) is 3.00. The third kappa shape index (κ3) is 0.163. The summed E-state index contributed by atoms with van der Waals surface area (Å²) >= 11 is 0. The van der Waals surface area contributed by atoms with Crippen molar-refractivity contribution in [3.05, 3.63) is 54.6 Å². The van der Waals surface area contributed by atoms with Crippen LogP contribution in [0.4, 0.5) is 0 Å². The molecule has 0 saturated carbocycles. The van der Waals surface area contributed by atoms with Crippen LogP contribution in [0.5, 0.6) is 0 Å². The van der Waals surface area contributed by atoms with Crippen molar-refractivity contribution in [1.82, 2.24) is 0 Å². The third-order valence-corrected chi connectivity index (χ3v) is 71.1. The summed E-state index contributed by atoms with van der Waals surface area (Å²) in [5.74, 6) is 0. The van der Waals surface area contributed by atoms with Gasteiger partial charge in [0.15, 0.2) is 0 Å². The Labute approximate surface area is 146 Å². The van der Waals surface area contributed by atoms with E-state index in [0.717, 1.165) is 21.3 Å². The Bertz CT molecular complexity index is 1580. The van der Waals surface area contributed by atoms with Crippen LogP contribution in [0.2, 0.25) is 42.3 Å². The molecule has 0 nitrogen and oxygen atoms in total. The maximum absolute atomic E-state index is 3.24. The molecule has 10 aliphatic rings. The Hall–Kier alpha value is -0.611. The normalized spacial score (nSPS) is 88.0. The monoisotopic (exact) mass is 398 g/mol. The van der Waals surface area contributed by atoms with Crippen LogP contribution >= 0.6 is 8.58 Å². The molecule has 2 aromatic carbocycles. The number of rotatable bonds is 3. The second-order valence-electron chi connectivity index (χ2n) is 13.6. The van der Waals surface area contributed by atoms with Gasteiger partial charge in [0.1, 0.15) is 0 Å². The van der Waals surface area contributed by atoms with E-state index in [9.17, 15) is 0 Å². The molecule has 12 rings (SSSR count). The second-order valence-corrected chi connectivity index (χ2v) is 39.0. The number of hydrogen-bond donors (Lipinski definition) is 0. The van der Waals surface area contributed by atoms with Gasteiger partial charge >= 0.3 is 146 Å². The van der Waals surface area contributed by atoms with E-state index in [1.54, 1.807) is 10.9 Å². The second kappa shape index (κ2) is 1.27. The van der Waals surface area contributed by atoms with Gasteiger partial charge in [0, 0.05) is 0 Å². The van der Waals surface area contributed by atoms with Crippen molar-refractivity contribution in [2.24, 2.45) is 0 Å². The van der Waals surface area contributed by atoms with Gasteiger partial charge in [0.05, 0.1) is 0 Å². The third-order valence-electron chi connectivity index (χ3n) is 19.0. The van der Waals surface area contributed by atoms with Crippen molar-refractivity contribution >= 4 is 13.9 Å². The molecule has 0 aromatic heterocycles. The standard InChI is InChI=1S/C19H18P.C5H5.Fe/c1-14-12-13-18(15(14)2)20-19-11-7-6-10-17(19)16-8-4-3-5-9-16;1-2-4-5-3-1;/h3-13,20H,1-2H3;1-5H;. The van der Waals surface area contributed by atoms with E-state index in [4.69, 9.17) is 0 Å². The van der Waals surface area contributed by atoms with Gasteiger partial charge < -0.3 is 0 Å². The molecular formula is C24H23FeP. The predicted molar refractivity (Wildman–Crippen MR) is 106 cm³/mol. The Balaban J connectivity index is 1.20. The van der Waals surface area contributed by atoms with Gasteiger partial charge in [-0.3, -0.25) is 0 Å². The molecular weight excluding hydrogens is 375 g/mol. The van der Waals surface area contributed by atoms with Crippen molar-refractivity contribution < 1.29 is 6.51 Å². The van der Waals surface area contributed by atoms with Crippen LogP contribution in [-0.2, 0) is 6.51 Å². The fraction of sp³-hybridized carbons (Fsp3) is 0.500. The maximum atomic E-state index is 2.90. The fourth-order valence-corrected chi connectivity index (χ4v) is 113. The summed E-state index contributed by atoms with van der Waals surface area (Å²) in [5, 5.41) is 1.73. The summed E-state index contributed by atoms with van der Waals surface area (Å²) in [6.07, 6.45) is 0. The van der Waals surface area contributed by atoms with Crippen molar-refractivity contribution in [3.8, 4) is 11.1 Å². The summed E-state index contributed by atoms with van der Waals surface area (Å²) in [7, 11) is 1.15. The van der Waals surface area contributed by atoms with Gasteiger partial charge in [-0.15, -0.1) is 0 Å². The van der Waals surface area contributed by atoms with Crippen LogP contribution in [0.25, 0.3) is 11.1 Å². The molecule has 10 heterocycles. The molecule has 1 spiro atoms. The molecule has 132 valence electrons. The zero-order chi connectivity index (χ0) is 16.7. The Morgan fingerprint density at radius 1 is 0.769 bits per heavy atom.